The third kappa shape index (κ3) is 3.27. The highest BCUT2D eigenvalue weighted by molar-refractivity contribution is 5.82. The van der Waals surface area contributed by atoms with Crippen molar-refractivity contribution in [2.24, 2.45) is 17.3 Å². The molecule has 4 rings (SSSR count). The van der Waals surface area contributed by atoms with E-state index < -0.39 is 0 Å². The molecule has 3 fully saturated rings. The van der Waals surface area contributed by atoms with Crippen LogP contribution in [-0.4, -0.2) is 30.4 Å². The van der Waals surface area contributed by atoms with Crippen LogP contribution in [-0.2, 0) is 11.3 Å². The van der Waals surface area contributed by atoms with Crippen LogP contribution in [0.3, 0.4) is 0 Å². The minimum absolute atomic E-state index is 0.218. The molecule has 23 heavy (non-hydrogen) atoms. The SMILES string of the molecule is O=C(C1CC12CCNCC2)N(Cc1ccc(F)cc1)CC1CC1. The Morgan fingerprint density at radius 2 is 1.91 bits per heavy atom. The maximum Gasteiger partial charge on any atom is 0.226 e. The topological polar surface area (TPSA) is 32.3 Å². The molecule has 1 aromatic rings. The van der Waals surface area contributed by atoms with Gasteiger partial charge >= 0.3 is 0 Å². The lowest BCUT2D eigenvalue weighted by Gasteiger charge is -2.27. The van der Waals surface area contributed by atoms with Crippen LogP contribution in [0.5, 0.6) is 0 Å². The van der Waals surface area contributed by atoms with E-state index in [1.807, 2.05) is 4.90 Å². The van der Waals surface area contributed by atoms with Gasteiger partial charge in [0.25, 0.3) is 0 Å². The number of amides is 1. The first-order valence-electron chi connectivity index (χ1n) is 8.90. The molecule has 3 nitrogen and oxygen atoms in total. The minimum Gasteiger partial charge on any atom is -0.338 e. The lowest BCUT2D eigenvalue weighted by molar-refractivity contribution is -0.134. The number of carbonyl (C=O) groups is 1. The van der Waals surface area contributed by atoms with Crippen LogP contribution in [0.2, 0.25) is 0 Å². The number of piperidine rings is 1. The third-order valence-corrected chi connectivity index (χ3v) is 5.86. The van der Waals surface area contributed by atoms with Crippen LogP contribution in [0, 0.1) is 23.1 Å². The maximum absolute atomic E-state index is 13.1. The molecule has 1 aromatic carbocycles. The van der Waals surface area contributed by atoms with Crippen LogP contribution in [0.25, 0.3) is 0 Å². The number of rotatable bonds is 5. The zero-order valence-corrected chi connectivity index (χ0v) is 13.6. The number of nitrogens with one attached hydrogen (secondary N) is 1. The lowest BCUT2D eigenvalue weighted by Crippen LogP contribution is -2.37. The molecule has 1 N–H and O–H groups in total. The quantitative estimate of drug-likeness (QED) is 0.906. The van der Waals surface area contributed by atoms with Gasteiger partial charge in [-0.25, -0.2) is 4.39 Å². The Kier molecular flexibility index (Phi) is 3.88. The van der Waals surface area contributed by atoms with Gasteiger partial charge in [0, 0.05) is 19.0 Å². The summed E-state index contributed by atoms with van der Waals surface area (Å²) in [5.41, 5.74) is 1.31. The molecule has 1 saturated heterocycles. The summed E-state index contributed by atoms with van der Waals surface area (Å²) in [6.07, 6.45) is 5.83. The second kappa shape index (κ2) is 5.90. The number of hydrogen-bond donors (Lipinski definition) is 1. The van der Waals surface area contributed by atoms with Gasteiger partial charge in [0.2, 0.25) is 5.91 Å². The number of carbonyl (C=O) groups excluding carboxylic acids is 1. The molecule has 1 spiro atoms. The molecule has 1 amide bonds. The van der Waals surface area contributed by atoms with Crippen LogP contribution in [0.15, 0.2) is 24.3 Å². The maximum atomic E-state index is 13.1. The van der Waals surface area contributed by atoms with Crippen molar-refractivity contribution in [2.75, 3.05) is 19.6 Å². The van der Waals surface area contributed by atoms with Crippen molar-refractivity contribution in [3.05, 3.63) is 35.6 Å². The van der Waals surface area contributed by atoms with Gasteiger partial charge in [0.1, 0.15) is 5.82 Å². The van der Waals surface area contributed by atoms with Gasteiger partial charge in [-0.15, -0.1) is 0 Å². The zero-order chi connectivity index (χ0) is 15.9. The van der Waals surface area contributed by atoms with E-state index in [4.69, 9.17) is 0 Å². The number of nitrogens with zero attached hydrogens (tertiary/aromatic N) is 1. The lowest BCUT2D eigenvalue weighted by atomic mass is 9.91. The molecule has 0 aromatic heterocycles. The van der Waals surface area contributed by atoms with Gasteiger partial charge in [-0.3, -0.25) is 4.79 Å². The normalized spacial score (nSPS) is 25.3. The molecule has 124 valence electrons. The third-order valence-electron chi connectivity index (χ3n) is 5.86. The molecule has 1 unspecified atom stereocenters. The second-order valence-corrected chi connectivity index (χ2v) is 7.66. The molecule has 0 bridgehead atoms. The van der Waals surface area contributed by atoms with Gasteiger partial charge in [-0.2, -0.15) is 0 Å². The highest BCUT2D eigenvalue weighted by atomic mass is 19.1. The highest BCUT2D eigenvalue weighted by Crippen LogP contribution is 2.59. The minimum atomic E-state index is -0.218. The Morgan fingerprint density at radius 1 is 1.22 bits per heavy atom. The summed E-state index contributed by atoms with van der Waals surface area (Å²) in [6, 6.07) is 6.58. The summed E-state index contributed by atoms with van der Waals surface area (Å²) in [6.45, 7) is 3.59. The van der Waals surface area contributed by atoms with Crippen molar-refractivity contribution in [3.63, 3.8) is 0 Å². The molecule has 4 heteroatoms. The van der Waals surface area contributed by atoms with Crippen molar-refractivity contribution in [1.29, 1.82) is 0 Å². The van der Waals surface area contributed by atoms with E-state index in [1.54, 1.807) is 12.1 Å². The summed E-state index contributed by atoms with van der Waals surface area (Å²) in [5.74, 6) is 1.03. The first-order chi connectivity index (χ1) is 11.2. The van der Waals surface area contributed by atoms with Gasteiger partial charge in [-0.1, -0.05) is 12.1 Å². The van der Waals surface area contributed by atoms with Crippen molar-refractivity contribution in [1.82, 2.24) is 10.2 Å². The second-order valence-electron chi connectivity index (χ2n) is 7.66. The van der Waals surface area contributed by atoms with Crippen molar-refractivity contribution < 1.29 is 9.18 Å². The summed E-state index contributed by atoms with van der Waals surface area (Å²) in [4.78, 5) is 15.1. The number of halogens is 1. The molecular weight excluding hydrogens is 291 g/mol. The Hall–Kier alpha value is -1.42. The Morgan fingerprint density at radius 3 is 2.57 bits per heavy atom. The van der Waals surface area contributed by atoms with Crippen molar-refractivity contribution >= 4 is 5.91 Å². The number of hydrogen-bond acceptors (Lipinski definition) is 2. The molecule has 2 saturated carbocycles. The summed E-state index contributed by atoms with van der Waals surface area (Å²) >= 11 is 0. The fourth-order valence-electron chi connectivity index (χ4n) is 4.05. The first-order valence-corrected chi connectivity index (χ1v) is 8.90. The summed E-state index contributed by atoms with van der Waals surface area (Å²) in [7, 11) is 0. The number of benzene rings is 1. The predicted molar refractivity (Wildman–Crippen MR) is 87.2 cm³/mol. The van der Waals surface area contributed by atoms with Gasteiger partial charge in [0.15, 0.2) is 0 Å². The smallest absolute Gasteiger partial charge is 0.226 e. The van der Waals surface area contributed by atoms with Crippen LogP contribution in [0.1, 0.15) is 37.7 Å². The van der Waals surface area contributed by atoms with Gasteiger partial charge in [-0.05, 0) is 74.2 Å². The molecule has 2 aliphatic carbocycles. The zero-order valence-electron chi connectivity index (χ0n) is 13.6. The molecule has 3 aliphatic rings. The van der Waals surface area contributed by atoms with Crippen LogP contribution in [0.4, 0.5) is 4.39 Å². The Balaban J connectivity index is 1.44. The molecular formula is C19H25FN2O. The molecule has 1 heterocycles. The Bertz CT molecular complexity index is 576. The average Bonchev–Trinajstić information content (AvgIpc) is 3.48. The highest BCUT2D eigenvalue weighted by Gasteiger charge is 2.58. The van der Waals surface area contributed by atoms with Gasteiger partial charge < -0.3 is 10.2 Å². The summed E-state index contributed by atoms with van der Waals surface area (Å²) < 4.78 is 13.1. The van der Waals surface area contributed by atoms with E-state index in [-0.39, 0.29) is 17.2 Å². The summed E-state index contributed by atoms with van der Waals surface area (Å²) in [5, 5.41) is 3.40. The van der Waals surface area contributed by atoms with Gasteiger partial charge in [0.05, 0.1) is 0 Å². The van der Waals surface area contributed by atoms with E-state index in [0.29, 0.717) is 18.4 Å². The first kappa shape index (κ1) is 15.1. The fraction of sp³-hybridized carbons (Fsp3) is 0.632. The standard InChI is InChI=1S/C19H25FN2O/c20-16-5-3-15(4-6-16)13-22(12-14-1-2-14)18(23)17-11-19(17)7-9-21-10-8-19/h3-6,14,17,21H,1-2,7-13H2. The molecule has 1 atom stereocenters. The van der Waals surface area contributed by atoms with Crippen molar-refractivity contribution in [3.8, 4) is 0 Å². The van der Waals surface area contributed by atoms with E-state index in [1.165, 1.54) is 25.0 Å². The van der Waals surface area contributed by atoms with Crippen LogP contribution >= 0.6 is 0 Å². The average molecular weight is 316 g/mol. The van der Waals surface area contributed by atoms with E-state index in [0.717, 1.165) is 44.5 Å². The Labute approximate surface area is 137 Å². The fourth-order valence-corrected chi connectivity index (χ4v) is 4.05. The van der Waals surface area contributed by atoms with E-state index in [9.17, 15) is 9.18 Å². The molecule has 0 radical (unpaired) electrons. The predicted octanol–water partition coefficient (Wildman–Crippen LogP) is 2.95. The van der Waals surface area contributed by atoms with E-state index >= 15 is 0 Å². The largest absolute Gasteiger partial charge is 0.338 e. The van der Waals surface area contributed by atoms with Crippen molar-refractivity contribution in [2.45, 2.75) is 38.6 Å². The van der Waals surface area contributed by atoms with E-state index in [2.05, 4.69) is 5.32 Å². The monoisotopic (exact) mass is 316 g/mol. The van der Waals surface area contributed by atoms with Crippen LogP contribution < -0.4 is 5.32 Å². The molecule has 1 aliphatic heterocycles.